The summed E-state index contributed by atoms with van der Waals surface area (Å²) in [5, 5.41) is 8.46. The lowest BCUT2D eigenvalue weighted by molar-refractivity contribution is -0.164. The Bertz CT molecular complexity index is 461. The third-order valence-corrected chi connectivity index (χ3v) is 1.85. The van der Waals surface area contributed by atoms with Gasteiger partial charge in [-0.2, -0.15) is 13.2 Å². The van der Waals surface area contributed by atoms with Crippen LogP contribution in [0.3, 0.4) is 0 Å². The summed E-state index contributed by atoms with van der Waals surface area (Å²) in [6, 6.07) is 6.83. The van der Waals surface area contributed by atoms with Gasteiger partial charge in [-0.3, -0.25) is 4.79 Å². The van der Waals surface area contributed by atoms with E-state index in [1.165, 1.54) is 24.3 Å². The van der Waals surface area contributed by atoms with Crippen molar-refractivity contribution in [1.82, 2.24) is 0 Å². The number of carbonyl (C=O) groups excluding carboxylic acids is 1. The van der Waals surface area contributed by atoms with Crippen LogP contribution in [-0.4, -0.2) is 23.0 Å². The minimum atomic E-state index is -5.10. The zero-order valence-corrected chi connectivity index (χ0v) is 8.36. The van der Waals surface area contributed by atoms with Gasteiger partial charge in [-0.15, -0.1) is 0 Å². The number of hydrogen-bond donors (Lipinski definition) is 1. The molecular formula is C11H7F3O3. The van der Waals surface area contributed by atoms with Crippen molar-refractivity contribution in [2.75, 3.05) is 0 Å². The van der Waals surface area contributed by atoms with Crippen LogP contribution in [0.5, 0.6) is 0 Å². The van der Waals surface area contributed by atoms with Gasteiger partial charge in [-0.25, -0.2) is 4.79 Å². The Balaban J connectivity index is 3.25. The molecule has 0 atom stereocenters. The van der Waals surface area contributed by atoms with Crippen molar-refractivity contribution < 1.29 is 27.9 Å². The fourth-order valence-corrected chi connectivity index (χ4v) is 1.17. The number of alkyl halides is 3. The van der Waals surface area contributed by atoms with Crippen molar-refractivity contribution >= 4 is 17.3 Å². The maximum atomic E-state index is 12.3. The molecule has 1 aromatic rings. The third kappa shape index (κ3) is 3.44. The van der Waals surface area contributed by atoms with Crippen molar-refractivity contribution in [3.05, 3.63) is 42.0 Å². The molecule has 17 heavy (non-hydrogen) atoms. The van der Waals surface area contributed by atoms with E-state index in [4.69, 9.17) is 5.11 Å². The summed E-state index contributed by atoms with van der Waals surface area (Å²) in [6.45, 7) is 0. The second-order valence-corrected chi connectivity index (χ2v) is 3.09. The first-order chi connectivity index (χ1) is 7.82. The Labute approximate surface area is 94.2 Å². The summed E-state index contributed by atoms with van der Waals surface area (Å²) in [7, 11) is 0. The number of aliphatic carboxylic acids is 1. The number of carbonyl (C=O) groups is 2. The molecule has 0 amide bonds. The molecule has 0 aliphatic heterocycles. The van der Waals surface area contributed by atoms with Gasteiger partial charge in [-0.05, 0) is 5.56 Å². The number of ketones is 1. The van der Waals surface area contributed by atoms with Gasteiger partial charge in [0.05, 0.1) is 0 Å². The number of allylic oxidation sites excluding steroid dienone is 1. The molecule has 90 valence electrons. The van der Waals surface area contributed by atoms with E-state index in [2.05, 4.69) is 0 Å². The smallest absolute Gasteiger partial charge is 0.454 e. The largest absolute Gasteiger partial charge is 0.478 e. The Morgan fingerprint density at radius 2 is 1.65 bits per heavy atom. The molecule has 1 N–H and O–H groups in total. The van der Waals surface area contributed by atoms with Crippen LogP contribution < -0.4 is 0 Å². The predicted molar refractivity (Wildman–Crippen MR) is 53.1 cm³/mol. The molecule has 0 aliphatic rings. The first-order valence-corrected chi connectivity index (χ1v) is 4.44. The summed E-state index contributed by atoms with van der Waals surface area (Å²) in [5.41, 5.74) is -0.970. The zero-order valence-electron chi connectivity index (χ0n) is 8.36. The van der Waals surface area contributed by atoms with Crippen molar-refractivity contribution in [2.45, 2.75) is 6.18 Å². The Morgan fingerprint density at radius 1 is 1.12 bits per heavy atom. The van der Waals surface area contributed by atoms with E-state index in [9.17, 15) is 22.8 Å². The van der Waals surface area contributed by atoms with E-state index >= 15 is 0 Å². The number of rotatable bonds is 3. The van der Waals surface area contributed by atoms with E-state index < -0.39 is 23.5 Å². The minimum Gasteiger partial charge on any atom is -0.478 e. The zero-order chi connectivity index (χ0) is 13.1. The summed E-state index contributed by atoms with van der Waals surface area (Å²) in [6.07, 6.45) is -4.84. The molecule has 0 bridgehead atoms. The van der Waals surface area contributed by atoms with Crippen molar-refractivity contribution in [3.8, 4) is 0 Å². The molecule has 3 nitrogen and oxygen atoms in total. The average molecular weight is 244 g/mol. The highest BCUT2D eigenvalue weighted by atomic mass is 19.4. The molecule has 0 saturated carbocycles. The maximum Gasteiger partial charge on any atom is 0.454 e. The molecule has 0 unspecified atom stereocenters. The first-order valence-electron chi connectivity index (χ1n) is 4.44. The Morgan fingerprint density at radius 3 is 2.06 bits per heavy atom. The first kappa shape index (κ1) is 13.0. The molecule has 1 aromatic carbocycles. The van der Waals surface area contributed by atoms with Gasteiger partial charge in [0, 0.05) is 11.6 Å². The number of halogens is 3. The predicted octanol–water partition coefficient (Wildman–Crippen LogP) is 2.29. The van der Waals surface area contributed by atoms with Crippen molar-refractivity contribution in [3.63, 3.8) is 0 Å². The minimum absolute atomic E-state index is 0.0859. The van der Waals surface area contributed by atoms with Gasteiger partial charge >= 0.3 is 12.1 Å². The van der Waals surface area contributed by atoms with Gasteiger partial charge in [0.1, 0.15) is 0 Å². The SMILES string of the molecule is O=C(O)/C=C(/C(=O)C(F)(F)F)c1ccccc1. The molecule has 0 radical (unpaired) electrons. The van der Waals surface area contributed by atoms with E-state index in [1.54, 1.807) is 6.07 Å². The fraction of sp³-hybridized carbons (Fsp3) is 0.0909. The van der Waals surface area contributed by atoms with Gasteiger partial charge in [0.15, 0.2) is 0 Å². The van der Waals surface area contributed by atoms with Crippen LogP contribution in [-0.2, 0) is 9.59 Å². The molecule has 6 heteroatoms. The van der Waals surface area contributed by atoms with Gasteiger partial charge in [0.25, 0.3) is 5.78 Å². The Hall–Kier alpha value is -2.11. The molecule has 0 fully saturated rings. The van der Waals surface area contributed by atoms with Crippen molar-refractivity contribution in [2.24, 2.45) is 0 Å². The molecule has 1 rings (SSSR count). The number of Topliss-reactive ketones (excluding diaryl/α,β-unsaturated/α-hetero) is 1. The van der Waals surface area contributed by atoms with E-state index in [1.807, 2.05) is 0 Å². The normalized spacial score (nSPS) is 12.3. The molecule has 0 heterocycles. The lowest BCUT2D eigenvalue weighted by atomic mass is 10.0. The van der Waals surface area contributed by atoms with E-state index in [0.29, 0.717) is 0 Å². The van der Waals surface area contributed by atoms with Crippen LogP contribution >= 0.6 is 0 Å². The second-order valence-electron chi connectivity index (χ2n) is 3.09. The number of benzene rings is 1. The van der Waals surface area contributed by atoms with Gasteiger partial charge in [-0.1, -0.05) is 30.3 Å². The van der Waals surface area contributed by atoms with Crippen LogP contribution in [0.25, 0.3) is 5.57 Å². The van der Waals surface area contributed by atoms with Crippen LogP contribution in [0.4, 0.5) is 13.2 Å². The molecule has 0 spiro atoms. The molecular weight excluding hydrogens is 237 g/mol. The topological polar surface area (TPSA) is 54.4 Å². The highest BCUT2D eigenvalue weighted by Gasteiger charge is 2.41. The average Bonchev–Trinajstić information content (AvgIpc) is 2.24. The van der Waals surface area contributed by atoms with E-state index in [0.717, 1.165) is 0 Å². The van der Waals surface area contributed by atoms with Crippen LogP contribution in [0.1, 0.15) is 5.56 Å². The summed E-state index contributed by atoms with van der Waals surface area (Å²) < 4.78 is 36.8. The number of carboxylic acids is 1. The van der Waals surface area contributed by atoms with Crippen molar-refractivity contribution in [1.29, 1.82) is 0 Å². The molecule has 0 aromatic heterocycles. The quantitative estimate of drug-likeness (QED) is 0.830. The number of hydrogen-bond acceptors (Lipinski definition) is 2. The van der Waals surface area contributed by atoms with Gasteiger partial charge < -0.3 is 5.11 Å². The van der Waals surface area contributed by atoms with Gasteiger partial charge in [0.2, 0.25) is 0 Å². The van der Waals surface area contributed by atoms with Crippen LogP contribution in [0.15, 0.2) is 36.4 Å². The van der Waals surface area contributed by atoms with E-state index in [-0.39, 0.29) is 11.6 Å². The van der Waals surface area contributed by atoms with Crippen LogP contribution in [0.2, 0.25) is 0 Å². The summed E-state index contributed by atoms with van der Waals surface area (Å²) in [5.74, 6) is -3.78. The third-order valence-electron chi connectivity index (χ3n) is 1.85. The monoisotopic (exact) mass is 244 g/mol. The fourth-order valence-electron chi connectivity index (χ4n) is 1.17. The highest BCUT2D eigenvalue weighted by molar-refractivity contribution is 6.26. The maximum absolute atomic E-state index is 12.3. The van der Waals surface area contributed by atoms with Crippen LogP contribution in [0, 0.1) is 0 Å². The standard InChI is InChI=1S/C11H7F3O3/c12-11(13,14)10(17)8(6-9(15)16)7-4-2-1-3-5-7/h1-6H,(H,15,16)/b8-6+. The summed E-state index contributed by atoms with van der Waals surface area (Å²) in [4.78, 5) is 21.5. The highest BCUT2D eigenvalue weighted by Crippen LogP contribution is 2.26. The lowest BCUT2D eigenvalue weighted by Gasteiger charge is -2.08. The second kappa shape index (κ2) is 4.82. The summed E-state index contributed by atoms with van der Waals surface area (Å²) >= 11 is 0. The molecule has 0 saturated heterocycles. The Kier molecular flexibility index (Phi) is 3.67. The lowest BCUT2D eigenvalue weighted by Crippen LogP contribution is -2.24. The molecule has 0 aliphatic carbocycles. The number of carboxylic acid groups (broad SMARTS) is 1.